The van der Waals surface area contributed by atoms with Crippen LogP contribution in [-0.4, -0.2) is 9.97 Å². The zero-order valence-corrected chi connectivity index (χ0v) is 23.0. The summed E-state index contributed by atoms with van der Waals surface area (Å²) in [6.07, 6.45) is 0. The van der Waals surface area contributed by atoms with E-state index in [2.05, 4.69) is 115 Å². The van der Waals surface area contributed by atoms with E-state index in [4.69, 9.17) is 14.4 Å². The van der Waals surface area contributed by atoms with Gasteiger partial charge in [-0.2, -0.15) is 0 Å². The normalized spacial score (nSPS) is 12.2. The van der Waals surface area contributed by atoms with Crippen molar-refractivity contribution in [3.05, 3.63) is 133 Å². The number of aromatic nitrogens is 2. The lowest BCUT2D eigenvalue weighted by Crippen LogP contribution is -1.91. The van der Waals surface area contributed by atoms with Gasteiger partial charge in [0.15, 0.2) is 0 Å². The second kappa shape index (κ2) is 8.37. The maximum absolute atomic E-state index is 6.72. The number of fused-ring (bicyclic) bond motifs is 10. The van der Waals surface area contributed by atoms with Gasteiger partial charge in [-0.1, -0.05) is 109 Å². The van der Waals surface area contributed by atoms with Crippen molar-refractivity contribution in [1.82, 2.24) is 9.97 Å². The highest BCUT2D eigenvalue weighted by molar-refractivity contribution is 6.27. The minimum Gasteiger partial charge on any atom is -0.455 e. The van der Waals surface area contributed by atoms with Crippen LogP contribution in [0.15, 0.2) is 138 Å². The van der Waals surface area contributed by atoms with Gasteiger partial charge in [-0.15, -0.1) is 0 Å². The number of nitrogens with zero attached hydrogens (tertiary/aromatic N) is 2. The van der Waals surface area contributed by atoms with Crippen LogP contribution in [0.1, 0.15) is 0 Å². The monoisotopic (exact) mass is 546 g/mol. The molecule has 0 bridgehead atoms. The molecule has 198 valence electrons. The van der Waals surface area contributed by atoms with Crippen LogP contribution >= 0.6 is 0 Å². The number of pyridine rings is 2. The minimum atomic E-state index is 0.870. The molecule has 0 radical (unpaired) electrons. The highest BCUT2D eigenvalue weighted by Gasteiger charge is 2.27. The summed E-state index contributed by atoms with van der Waals surface area (Å²) in [5.41, 5.74) is 12.6. The molecule has 0 unspecified atom stereocenters. The molecule has 3 heteroatoms. The van der Waals surface area contributed by atoms with Crippen LogP contribution in [0.25, 0.3) is 99.3 Å². The molecule has 6 aromatic carbocycles. The number of benzene rings is 6. The smallest absolute Gasteiger partial charge is 0.143 e. The second-order valence-electron chi connectivity index (χ2n) is 11.3. The number of furan rings is 1. The van der Waals surface area contributed by atoms with Crippen LogP contribution in [0.5, 0.6) is 0 Å². The first kappa shape index (κ1) is 22.8. The fraction of sp³-hybridized carbons (Fsp3) is 0. The van der Waals surface area contributed by atoms with Crippen LogP contribution in [0.3, 0.4) is 0 Å². The number of hydrogen-bond acceptors (Lipinski definition) is 3. The quantitative estimate of drug-likeness (QED) is 0.202. The molecule has 9 aromatic rings. The third-order valence-electron chi connectivity index (χ3n) is 8.98. The van der Waals surface area contributed by atoms with Crippen molar-refractivity contribution in [1.29, 1.82) is 0 Å². The van der Waals surface area contributed by atoms with Gasteiger partial charge in [0.25, 0.3) is 0 Å². The lowest BCUT2D eigenvalue weighted by molar-refractivity contribution is 0.670. The third-order valence-corrected chi connectivity index (χ3v) is 8.98. The third kappa shape index (κ3) is 3.14. The van der Waals surface area contributed by atoms with Crippen molar-refractivity contribution in [2.75, 3.05) is 0 Å². The first-order valence-corrected chi connectivity index (χ1v) is 14.6. The molecule has 0 saturated carbocycles. The summed E-state index contributed by atoms with van der Waals surface area (Å²) >= 11 is 0. The molecule has 0 atom stereocenters. The Morgan fingerprint density at radius 3 is 1.93 bits per heavy atom. The van der Waals surface area contributed by atoms with Gasteiger partial charge >= 0.3 is 0 Å². The van der Waals surface area contributed by atoms with Crippen LogP contribution in [0.2, 0.25) is 0 Å². The van der Waals surface area contributed by atoms with E-state index in [-0.39, 0.29) is 0 Å². The summed E-state index contributed by atoms with van der Waals surface area (Å²) in [7, 11) is 0. The minimum absolute atomic E-state index is 0.870. The molecular formula is C40H22N2O. The summed E-state index contributed by atoms with van der Waals surface area (Å²) in [6.45, 7) is 0. The maximum Gasteiger partial charge on any atom is 0.143 e. The van der Waals surface area contributed by atoms with Crippen LogP contribution < -0.4 is 0 Å². The van der Waals surface area contributed by atoms with Crippen molar-refractivity contribution in [3.8, 4) is 44.8 Å². The summed E-state index contributed by atoms with van der Waals surface area (Å²) < 4.78 is 6.72. The predicted molar refractivity (Wildman–Crippen MR) is 177 cm³/mol. The Balaban J connectivity index is 1.26. The number of hydrogen-bond donors (Lipinski definition) is 0. The molecule has 3 heterocycles. The van der Waals surface area contributed by atoms with Crippen molar-refractivity contribution < 1.29 is 4.42 Å². The molecule has 0 fully saturated rings. The first-order chi connectivity index (χ1) is 21.3. The Bertz CT molecular complexity index is 2610. The Kier molecular flexibility index (Phi) is 4.45. The molecule has 0 aliphatic heterocycles. The lowest BCUT2D eigenvalue weighted by atomic mass is 9.97. The van der Waals surface area contributed by atoms with E-state index in [1.165, 1.54) is 33.0 Å². The van der Waals surface area contributed by atoms with Crippen molar-refractivity contribution in [2.45, 2.75) is 0 Å². The highest BCUT2D eigenvalue weighted by Crippen LogP contribution is 2.52. The first-order valence-electron chi connectivity index (χ1n) is 14.6. The van der Waals surface area contributed by atoms with E-state index in [0.29, 0.717) is 0 Å². The van der Waals surface area contributed by atoms with Gasteiger partial charge in [-0.25, -0.2) is 9.97 Å². The van der Waals surface area contributed by atoms with Gasteiger partial charge in [0.2, 0.25) is 0 Å². The molecule has 43 heavy (non-hydrogen) atoms. The fourth-order valence-corrected chi connectivity index (χ4v) is 7.05. The topological polar surface area (TPSA) is 38.9 Å². The predicted octanol–water partition coefficient (Wildman–Crippen LogP) is 10.8. The molecule has 1 aliphatic rings. The molecule has 1 aliphatic carbocycles. The van der Waals surface area contributed by atoms with Crippen molar-refractivity contribution in [3.63, 3.8) is 0 Å². The van der Waals surface area contributed by atoms with Crippen LogP contribution in [-0.2, 0) is 0 Å². The molecule has 0 amide bonds. The summed E-state index contributed by atoms with van der Waals surface area (Å²) in [5.74, 6) is 0. The lowest BCUT2D eigenvalue weighted by Gasteiger charge is -2.09. The largest absolute Gasteiger partial charge is 0.455 e. The number of rotatable bonds is 2. The van der Waals surface area contributed by atoms with E-state index >= 15 is 0 Å². The summed E-state index contributed by atoms with van der Waals surface area (Å²) in [5, 5.41) is 6.85. The Labute approximate surface area is 246 Å². The highest BCUT2D eigenvalue weighted by atomic mass is 16.3. The van der Waals surface area contributed by atoms with Gasteiger partial charge < -0.3 is 4.42 Å². The van der Waals surface area contributed by atoms with Gasteiger partial charge in [-0.05, 0) is 46.3 Å². The molecule has 0 saturated heterocycles. The molecular weight excluding hydrogens is 524 g/mol. The van der Waals surface area contributed by atoms with E-state index in [9.17, 15) is 0 Å². The fourth-order valence-electron chi connectivity index (χ4n) is 7.05. The Hall–Kier alpha value is -5.80. The SMILES string of the molecule is c1ccc(-c2ccc3ccc4ccc(-c5cccc6oc7c8c9c(cccc9cc7c56)-c5ccccc5-8)nc4c3n2)cc1. The van der Waals surface area contributed by atoms with Gasteiger partial charge in [0.05, 0.1) is 22.4 Å². The van der Waals surface area contributed by atoms with Crippen LogP contribution in [0.4, 0.5) is 0 Å². The average Bonchev–Trinajstić information content (AvgIpc) is 3.62. The molecule has 3 aromatic heterocycles. The van der Waals surface area contributed by atoms with E-state index < -0.39 is 0 Å². The molecule has 3 nitrogen and oxygen atoms in total. The second-order valence-corrected chi connectivity index (χ2v) is 11.3. The average molecular weight is 547 g/mol. The van der Waals surface area contributed by atoms with E-state index in [1.54, 1.807) is 0 Å². The zero-order chi connectivity index (χ0) is 28.1. The van der Waals surface area contributed by atoms with Crippen molar-refractivity contribution >= 4 is 54.5 Å². The summed E-state index contributed by atoms with van der Waals surface area (Å²) in [6, 6.07) is 46.9. The zero-order valence-electron chi connectivity index (χ0n) is 23.0. The molecule has 0 N–H and O–H groups in total. The van der Waals surface area contributed by atoms with Crippen molar-refractivity contribution in [2.24, 2.45) is 0 Å². The van der Waals surface area contributed by atoms with E-state index in [0.717, 1.165) is 66.3 Å². The summed E-state index contributed by atoms with van der Waals surface area (Å²) in [4.78, 5) is 10.4. The maximum atomic E-state index is 6.72. The molecule has 0 spiro atoms. The van der Waals surface area contributed by atoms with E-state index in [1.807, 2.05) is 18.2 Å². The van der Waals surface area contributed by atoms with Gasteiger partial charge in [0.1, 0.15) is 11.2 Å². The van der Waals surface area contributed by atoms with Gasteiger partial charge in [0, 0.05) is 43.6 Å². The Morgan fingerprint density at radius 1 is 0.442 bits per heavy atom. The standard InChI is InChI=1S/C40H22N2O/c1-2-8-23(9-3-1)32-20-18-24-16-17-25-19-21-33(42-39(25)38(24)41-32)30-14-7-15-34-36(30)31-22-26-10-6-13-28-27-11-4-5-12-29(27)37(35(26)28)40(31)43-34/h1-22H. The van der Waals surface area contributed by atoms with Crippen LogP contribution in [0, 0.1) is 0 Å². The molecule has 10 rings (SSSR count). The Morgan fingerprint density at radius 2 is 1.09 bits per heavy atom. The van der Waals surface area contributed by atoms with Gasteiger partial charge in [-0.3, -0.25) is 0 Å².